The standard InChI is InChI=1S/C24H26FN3O4S/c1-24(2,21(27-23(30)31)22(29)28-14-17(25)12-18(28)13-26)33-15-16-7-6-10-20(11-16)32-19-8-4-3-5-9-19/h3-11,17-18,21,27H,12,14-15H2,1-2H3,(H,30,31)/t17-,18-,21+/m0/s1. The summed E-state index contributed by atoms with van der Waals surface area (Å²) in [6.07, 6.45) is -2.72. The van der Waals surface area contributed by atoms with E-state index in [1.807, 2.05) is 60.7 Å². The van der Waals surface area contributed by atoms with Gasteiger partial charge in [-0.25, -0.2) is 9.18 Å². The molecule has 1 fully saturated rings. The Hall–Kier alpha value is -3.25. The number of carbonyl (C=O) groups excluding carboxylic acids is 1. The maximum atomic E-state index is 13.9. The number of carboxylic acid groups (broad SMARTS) is 1. The first-order valence-corrected chi connectivity index (χ1v) is 11.5. The van der Waals surface area contributed by atoms with Crippen LogP contribution in [0.3, 0.4) is 0 Å². The van der Waals surface area contributed by atoms with Crippen molar-refractivity contribution in [3.63, 3.8) is 0 Å². The molecule has 7 nitrogen and oxygen atoms in total. The van der Waals surface area contributed by atoms with Crippen LogP contribution in [0.2, 0.25) is 0 Å². The molecule has 33 heavy (non-hydrogen) atoms. The van der Waals surface area contributed by atoms with E-state index in [2.05, 4.69) is 5.32 Å². The predicted molar refractivity (Wildman–Crippen MR) is 124 cm³/mol. The minimum absolute atomic E-state index is 0.0657. The van der Waals surface area contributed by atoms with Crippen LogP contribution in [-0.2, 0) is 10.5 Å². The van der Waals surface area contributed by atoms with Gasteiger partial charge in [-0.3, -0.25) is 4.79 Å². The summed E-state index contributed by atoms with van der Waals surface area (Å²) < 4.78 is 18.8. The monoisotopic (exact) mass is 471 g/mol. The lowest BCUT2D eigenvalue weighted by Crippen LogP contribution is -2.58. The summed E-state index contributed by atoms with van der Waals surface area (Å²) in [6, 6.07) is 16.8. The molecule has 0 spiro atoms. The van der Waals surface area contributed by atoms with Gasteiger partial charge in [0.1, 0.15) is 29.8 Å². The number of amides is 2. The molecule has 0 saturated carbocycles. The van der Waals surface area contributed by atoms with E-state index in [1.54, 1.807) is 13.8 Å². The third-order valence-corrected chi connectivity index (χ3v) is 6.84. The fourth-order valence-electron chi connectivity index (χ4n) is 3.65. The number of nitriles is 1. The molecule has 9 heteroatoms. The number of nitrogens with one attached hydrogen (secondary N) is 1. The second-order valence-corrected chi connectivity index (χ2v) is 9.94. The molecule has 3 rings (SSSR count). The zero-order valence-electron chi connectivity index (χ0n) is 18.4. The molecule has 0 unspecified atom stereocenters. The van der Waals surface area contributed by atoms with E-state index < -0.39 is 35.0 Å². The summed E-state index contributed by atoms with van der Waals surface area (Å²) >= 11 is 1.39. The number of carbonyl (C=O) groups is 2. The highest BCUT2D eigenvalue weighted by molar-refractivity contribution is 7.99. The zero-order valence-corrected chi connectivity index (χ0v) is 19.2. The van der Waals surface area contributed by atoms with Crippen molar-refractivity contribution < 1.29 is 23.8 Å². The summed E-state index contributed by atoms with van der Waals surface area (Å²) in [6.45, 7) is 3.30. The van der Waals surface area contributed by atoms with Crippen molar-refractivity contribution in [2.75, 3.05) is 6.54 Å². The number of hydrogen-bond donors (Lipinski definition) is 2. The van der Waals surface area contributed by atoms with Gasteiger partial charge in [-0.1, -0.05) is 30.3 Å². The third-order valence-electron chi connectivity index (χ3n) is 5.38. The summed E-state index contributed by atoms with van der Waals surface area (Å²) in [5, 5.41) is 20.9. The lowest BCUT2D eigenvalue weighted by atomic mass is 10.0. The van der Waals surface area contributed by atoms with E-state index in [0.29, 0.717) is 17.3 Å². The van der Waals surface area contributed by atoms with Crippen LogP contribution in [-0.4, -0.2) is 51.6 Å². The van der Waals surface area contributed by atoms with Crippen LogP contribution in [0, 0.1) is 11.3 Å². The van der Waals surface area contributed by atoms with Crippen LogP contribution < -0.4 is 10.1 Å². The predicted octanol–water partition coefficient (Wildman–Crippen LogP) is 4.59. The molecule has 2 aromatic carbocycles. The number of benzene rings is 2. The number of halogens is 1. The molecule has 0 aromatic heterocycles. The highest BCUT2D eigenvalue weighted by Gasteiger charge is 2.44. The van der Waals surface area contributed by atoms with Gasteiger partial charge >= 0.3 is 6.09 Å². The Balaban J connectivity index is 1.72. The molecule has 2 N–H and O–H groups in total. The third kappa shape index (κ3) is 6.39. The van der Waals surface area contributed by atoms with Crippen molar-refractivity contribution in [1.82, 2.24) is 10.2 Å². The van der Waals surface area contributed by atoms with Gasteiger partial charge in [0.15, 0.2) is 0 Å². The molecule has 0 bridgehead atoms. The Bertz CT molecular complexity index is 1030. The molecular weight excluding hydrogens is 445 g/mol. The molecule has 2 amide bonds. The average molecular weight is 472 g/mol. The topological polar surface area (TPSA) is 103 Å². The SMILES string of the molecule is CC(C)(SCc1cccc(Oc2ccccc2)c1)[C@H](NC(=O)O)C(=O)N1C[C@@H](F)C[C@H]1C#N. The van der Waals surface area contributed by atoms with Gasteiger partial charge < -0.3 is 20.1 Å². The Morgan fingerprint density at radius 2 is 1.97 bits per heavy atom. The first kappa shape index (κ1) is 24.4. The number of hydrogen-bond acceptors (Lipinski definition) is 5. The fourth-order valence-corrected chi connectivity index (χ4v) is 4.69. The van der Waals surface area contributed by atoms with E-state index in [-0.39, 0.29) is 13.0 Å². The minimum atomic E-state index is -1.36. The van der Waals surface area contributed by atoms with E-state index in [9.17, 15) is 24.3 Å². The van der Waals surface area contributed by atoms with E-state index in [0.717, 1.165) is 10.5 Å². The van der Waals surface area contributed by atoms with Gasteiger partial charge in [0.05, 0.1) is 12.6 Å². The van der Waals surface area contributed by atoms with Gasteiger partial charge in [0, 0.05) is 16.9 Å². The largest absolute Gasteiger partial charge is 0.465 e. The van der Waals surface area contributed by atoms with Crippen LogP contribution in [0.4, 0.5) is 9.18 Å². The Kier molecular flexibility index (Phi) is 7.82. The van der Waals surface area contributed by atoms with Crippen molar-refractivity contribution >= 4 is 23.8 Å². The van der Waals surface area contributed by atoms with Crippen LogP contribution in [0.15, 0.2) is 54.6 Å². The lowest BCUT2D eigenvalue weighted by Gasteiger charge is -2.35. The van der Waals surface area contributed by atoms with Crippen LogP contribution >= 0.6 is 11.8 Å². The Labute approximate surface area is 196 Å². The van der Waals surface area contributed by atoms with Crippen molar-refractivity contribution in [2.24, 2.45) is 0 Å². The van der Waals surface area contributed by atoms with Gasteiger partial charge in [-0.05, 0) is 43.7 Å². The highest BCUT2D eigenvalue weighted by Crippen LogP contribution is 2.34. The van der Waals surface area contributed by atoms with Crippen LogP contribution in [0.1, 0.15) is 25.8 Å². The molecular formula is C24H26FN3O4S. The maximum Gasteiger partial charge on any atom is 0.405 e. The second-order valence-electron chi connectivity index (χ2n) is 8.31. The minimum Gasteiger partial charge on any atom is -0.465 e. The van der Waals surface area contributed by atoms with Crippen molar-refractivity contribution in [3.05, 3.63) is 60.2 Å². The second kappa shape index (κ2) is 10.6. The summed E-state index contributed by atoms with van der Waals surface area (Å²) in [7, 11) is 0. The Morgan fingerprint density at radius 1 is 1.27 bits per heavy atom. The Morgan fingerprint density at radius 3 is 2.64 bits per heavy atom. The van der Waals surface area contributed by atoms with Gasteiger partial charge in [0.2, 0.25) is 5.91 Å². The smallest absolute Gasteiger partial charge is 0.405 e. The fraction of sp³-hybridized carbons (Fsp3) is 0.375. The first-order valence-electron chi connectivity index (χ1n) is 10.5. The quantitative estimate of drug-likeness (QED) is 0.584. The molecule has 3 atom stereocenters. The number of rotatable bonds is 8. The molecule has 0 aliphatic carbocycles. The summed E-state index contributed by atoms with van der Waals surface area (Å²) in [4.78, 5) is 25.7. The van der Waals surface area contributed by atoms with Gasteiger partial charge in [-0.2, -0.15) is 5.26 Å². The molecule has 174 valence electrons. The zero-order chi connectivity index (χ0) is 24.0. The van der Waals surface area contributed by atoms with Crippen molar-refractivity contribution in [1.29, 1.82) is 5.26 Å². The maximum absolute atomic E-state index is 13.9. The molecule has 2 aromatic rings. The number of alkyl halides is 1. The summed E-state index contributed by atoms with van der Waals surface area (Å²) in [5.41, 5.74) is 0.933. The van der Waals surface area contributed by atoms with Crippen molar-refractivity contribution in [2.45, 2.75) is 49.0 Å². The van der Waals surface area contributed by atoms with Crippen LogP contribution in [0.25, 0.3) is 0 Å². The number of nitrogens with zero attached hydrogens (tertiary/aromatic N) is 2. The number of para-hydroxylation sites is 1. The molecule has 1 saturated heterocycles. The normalized spacial score (nSPS) is 18.9. The van der Waals surface area contributed by atoms with E-state index in [4.69, 9.17) is 4.74 Å². The molecule has 1 aliphatic heterocycles. The summed E-state index contributed by atoms with van der Waals surface area (Å²) in [5.74, 6) is 1.26. The highest BCUT2D eigenvalue weighted by atomic mass is 32.2. The van der Waals surface area contributed by atoms with Crippen molar-refractivity contribution in [3.8, 4) is 17.6 Å². The number of ether oxygens (including phenoxy) is 1. The molecule has 0 radical (unpaired) electrons. The molecule has 1 heterocycles. The lowest BCUT2D eigenvalue weighted by molar-refractivity contribution is -0.134. The van der Waals surface area contributed by atoms with Gasteiger partial charge in [-0.15, -0.1) is 11.8 Å². The molecule has 1 aliphatic rings. The van der Waals surface area contributed by atoms with E-state index >= 15 is 0 Å². The average Bonchev–Trinajstić information content (AvgIpc) is 3.17. The first-order chi connectivity index (χ1) is 15.7. The number of likely N-dealkylation sites (tertiary alicyclic amines) is 1. The van der Waals surface area contributed by atoms with Crippen LogP contribution in [0.5, 0.6) is 11.5 Å². The van der Waals surface area contributed by atoms with Gasteiger partial charge in [0.25, 0.3) is 0 Å². The number of thioether (sulfide) groups is 1. The van der Waals surface area contributed by atoms with E-state index in [1.165, 1.54) is 11.8 Å².